The van der Waals surface area contributed by atoms with Crippen molar-refractivity contribution in [3.05, 3.63) is 82.7 Å². The van der Waals surface area contributed by atoms with Crippen molar-refractivity contribution in [1.82, 2.24) is 25.9 Å². The van der Waals surface area contributed by atoms with Crippen molar-refractivity contribution >= 4 is 5.91 Å². The first-order chi connectivity index (χ1) is 19.2. The van der Waals surface area contributed by atoms with Crippen molar-refractivity contribution in [2.24, 2.45) is 11.8 Å². The number of alkyl halides is 3. The number of nitrogens with one attached hydrogen (secondary N) is 2. The second kappa shape index (κ2) is 11.7. The molecule has 2 aliphatic rings. The van der Waals surface area contributed by atoms with Gasteiger partial charge in [-0.2, -0.15) is 18.4 Å². The number of carbonyl (C=O) groups excluding carboxylic acids is 1. The van der Waals surface area contributed by atoms with Crippen molar-refractivity contribution in [3.8, 4) is 16.9 Å². The largest absolute Gasteiger partial charge is 0.490 e. The van der Waals surface area contributed by atoms with E-state index in [1.54, 1.807) is 0 Å². The first-order valence-corrected chi connectivity index (χ1v) is 13.5. The van der Waals surface area contributed by atoms with Crippen molar-refractivity contribution in [3.63, 3.8) is 0 Å². The number of hydrogen-bond acceptors (Lipinski definition) is 5. The Kier molecular flexibility index (Phi) is 8.04. The number of amides is 1. The summed E-state index contributed by atoms with van der Waals surface area (Å²) in [5, 5.41) is 16.3. The van der Waals surface area contributed by atoms with E-state index in [9.17, 15) is 18.0 Å². The van der Waals surface area contributed by atoms with Crippen LogP contribution in [0.3, 0.4) is 0 Å². The molecule has 1 aromatic heterocycles. The summed E-state index contributed by atoms with van der Waals surface area (Å²) in [4.78, 5) is 12.6. The van der Waals surface area contributed by atoms with Crippen LogP contribution in [0.4, 0.5) is 13.2 Å². The number of aromatic amines is 1. The molecule has 2 atom stereocenters. The van der Waals surface area contributed by atoms with Crippen LogP contribution >= 0.6 is 0 Å². The van der Waals surface area contributed by atoms with Crippen LogP contribution in [0, 0.1) is 25.7 Å². The van der Waals surface area contributed by atoms with Gasteiger partial charge in [-0.05, 0) is 85.5 Å². The number of tetrazole rings is 1. The van der Waals surface area contributed by atoms with Gasteiger partial charge in [0, 0.05) is 11.5 Å². The van der Waals surface area contributed by atoms with E-state index in [2.05, 4.69) is 32.0 Å². The number of carbonyl (C=O) groups is 1. The third kappa shape index (κ3) is 6.26. The summed E-state index contributed by atoms with van der Waals surface area (Å²) in [5.74, 6) is 1.50. The fraction of sp³-hybridized carbons (Fsp3) is 0.400. The number of ether oxygens (including phenoxy) is 1. The zero-order chi connectivity index (χ0) is 28.3. The van der Waals surface area contributed by atoms with Gasteiger partial charge in [0.15, 0.2) is 5.82 Å². The summed E-state index contributed by atoms with van der Waals surface area (Å²) in [6.45, 7) is 4.11. The molecule has 0 aliphatic heterocycles. The lowest BCUT2D eigenvalue weighted by atomic mass is 9.84. The molecule has 3 aromatic rings. The number of allylic oxidation sites excluding steroid dienone is 1. The van der Waals surface area contributed by atoms with Crippen molar-refractivity contribution in [2.75, 3.05) is 0 Å². The van der Waals surface area contributed by atoms with Crippen molar-refractivity contribution in [2.45, 2.75) is 64.8 Å². The quantitative estimate of drug-likeness (QED) is 0.345. The van der Waals surface area contributed by atoms with Crippen LogP contribution in [0.2, 0.25) is 0 Å². The number of nitrogens with zero attached hydrogens (tertiary/aromatic N) is 3. The minimum absolute atomic E-state index is 0.0466. The molecule has 0 radical (unpaired) electrons. The minimum Gasteiger partial charge on any atom is -0.490 e. The van der Waals surface area contributed by atoms with E-state index in [1.807, 2.05) is 38.1 Å². The van der Waals surface area contributed by atoms with Crippen molar-refractivity contribution < 1.29 is 22.7 Å². The Morgan fingerprint density at radius 3 is 2.40 bits per heavy atom. The normalized spacial score (nSPS) is 18.4. The smallest absolute Gasteiger partial charge is 0.416 e. The van der Waals surface area contributed by atoms with Gasteiger partial charge >= 0.3 is 6.18 Å². The SMILES string of the molecule is Cc1cc(OC(C2C=CC(C(=O)NCc3nn[nH]n3)=CC2)C2CCCC2)cc(C)c1-c1ccc(C(F)(F)F)cc1. The number of rotatable bonds is 8. The van der Waals surface area contributed by atoms with E-state index < -0.39 is 11.7 Å². The third-order valence-corrected chi connectivity index (χ3v) is 7.76. The van der Waals surface area contributed by atoms with Gasteiger partial charge in [-0.3, -0.25) is 4.79 Å². The van der Waals surface area contributed by atoms with Crippen LogP contribution in [-0.2, 0) is 17.5 Å². The Morgan fingerprint density at radius 2 is 1.82 bits per heavy atom. The van der Waals surface area contributed by atoms with Crippen LogP contribution in [0.5, 0.6) is 5.75 Å². The molecule has 5 rings (SSSR count). The summed E-state index contributed by atoms with van der Waals surface area (Å²) >= 11 is 0. The second-order valence-corrected chi connectivity index (χ2v) is 10.6. The summed E-state index contributed by atoms with van der Waals surface area (Å²) in [6.07, 6.45) is 6.69. The first-order valence-electron chi connectivity index (χ1n) is 13.5. The predicted octanol–water partition coefficient (Wildman–Crippen LogP) is 6.26. The molecule has 1 amide bonds. The van der Waals surface area contributed by atoms with Crippen LogP contribution < -0.4 is 10.1 Å². The van der Waals surface area contributed by atoms with E-state index >= 15 is 0 Å². The van der Waals surface area contributed by atoms with Gasteiger partial charge in [-0.15, -0.1) is 10.2 Å². The number of benzene rings is 2. The molecule has 7 nitrogen and oxygen atoms in total. The van der Waals surface area contributed by atoms with Gasteiger partial charge in [-0.1, -0.05) is 48.4 Å². The summed E-state index contributed by atoms with van der Waals surface area (Å²) in [5.41, 5.74) is 3.48. The zero-order valence-corrected chi connectivity index (χ0v) is 22.5. The molecule has 210 valence electrons. The van der Waals surface area contributed by atoms with Crippen LogP contribution in [0.25, 0.3) is 11.1 Å². The number of aryl methyl sites for hydroxylation is 2. The lowest BCUT2D eigenvalue weighted by molar-refractivity contribution is -0.137. The molecule has 2 aromatic carbocycles. The average Bonchev–Trinajstić information content (AvgIpc) is 3.65. The first kappa shape index (κ1) is 27.6. The number of H-pyrrole nitrogens is 1. The van der Waals surface area contributed by atoms with Gasteiger partial charge in [0.25, 0.3) is 5.91 Å². The molecule has 0 bridgehead atoms. The Balaban J connectivity index is 1.30. The molecule has 1 fully saturated rings. The van der Waals surface area contributed by atoms with E-state index in [0.717, 1.165) is 53.0 Å². The summed E-state index contributed by atoms with van der Waals surface area (Å²) in [6, 6.07) is 9.24. The Labute approximate surface area is 230 Å². The third-order valence-electron chi connectivity index (χ3n) is 7.76. The van der Waals surface area contributed by atoms with E-state index in [4.69, 9.17) is 4.74 Å². The highest BCUT2D eigenvalue weighted by Gasteiger charge is 2.33. The monoisotopic (exact) mass is 551 g/mol. The van der Waals surface area contributed by atoms with Gasteiger partial charge in [-0.25, -0.2) is 0 Å². The molecule has 1 heterocycles. The minimum atomic E-state index is -4.36. The molecule has 1 saturated carbocycles. The molecule has 2 aliphatic carbocycles. The molecular weight excluding hydrogens is 519 g/mol. The summed E-state index contributed by atoms with van der Waals surface area (Å²) in [7, 11) is 0. The lowest BCUT2D eigenvalue weighted by Crippen LogP contribution is -2.34. The van der Waals surface area contributed by atoms with E-state index in [0.29, 0.717) is 23.7 Å². The fourth-order valence-electron chi connectivity index (χ4n) is 5.82. The van der Waals surface area contributed by atoms with Gasteiger partial charge < -0.3 is 10.1 Å². The number of hydrogen-bond donors (Lipinski definition) is 2. The highest BCUT2D eigenvalue weighted by molar-refractivity contribution is 5.96. The summed E-state index contributed by atoms with van der Waals surface area (Å²) < 4.78 is 45.8. The number of aromatic nitrogens is 4. The van der Waals surface area contributed by atoms with Crippen LogP contribution in [-0.4, -0.2) is 32.6 Å². The topological polar surface area (TPSA) is 92.8 Å². The standard InChI is InChI=1S/C30H32F3N5O2/c1-18-15-25(16-19(2)27(18)20-11-13-24(14-12-20)30(31,32)33)40-28(21-5-3-4-6-21)22-7-9-23(10-8-22)29(39)34-17-26-35-37-38-36-26/h7,9-16,21-22,28H,3-6,8,17H2,1-2H3,(H,34,39)(H,35,36,37,38). The average molecular weight is 552 g/mol. The fourth-order valence-corrected chi connectivity index (χ4v) is 5.82. The predicted molar refractivity (Wildman–Crippen MR) is 144 cm³/mol. The van der Waals surface area contributed by atoms with Gasteiger partial charge in [0.1, 0.15) is 11.9 Å². The highest BCUT2D eigenvalue weighted by Crippen LogP contribution is 2.39. The molecule has 0 saturated heterocycles. The Hall–Kier alpha value is -3.95. The van der Waals surface area contributed by atoms with Crippen LogP contribution in [0.1, 0.15) is 54.6 Å². The molecule has 0 spiro atoms. The molecule has 10 heteroatoms. The Morgan fingerprint density at radius 1 is 1.12 bits per heavy atom. The van der Waals surface area contributed by atoms with Gasteiger partial charge in [0.05, 0.1) is 12.1 Å². The maximum Gasteiger partial charge on any atom is 0.416 e. The van der Waals surface area contributed by atoms with Crippen molar-refractivity contribution in [1.29, 1.82) is 0 Å². The maximum absolute atomic E-state index is 13.0. The van der Waals surface area contributed by atoms with E-state index in [-0.39, 0.29) is 24.5 Å². The highest BCUT2D eigenvalue weighted by atomic mass is 19.4. The molecular formula is C30H32F3N5O2. The molecule has 2 N–H and O–H groups in total. The Bertz CT molecular complexity index is 1370. The van der Waals surface area contributed by atoms with Gasteiger partial charge in [0.2, 0.25) is 0 Å². The van der Waals surface area contributed by atoms with E-state index in [1.165, 1.54) is 25.0 Å². The molecule has 2 unspecified atom stereocenters. The zero-order valence-electron chi connectivity index (χ0n) is 22.5. The second-order valence-electron chi connectivity index (χ2n) is 10.6. The maximum atomic E-state index is 13.0. The number of halogens is 3. The van der Waals surface area contributed by atoms with Crippen LogP contribution in [0.15, 0.2) is 60.2 Å². The molecule has 40 heavy (non-hydrogen) atoms. The lowest BCUT2D eigenvalue weighted by Gasteiger charge is -2.32.